The quantitative estimate of drug-likeness (QED) is 0.680. The molecule has 4 rings (SSSR count). The van der Waals surface area contributed by atoms with Crippen LogP contribution in [0, 0.1) is 16.7 Å². The van der Waals surface area contributed by atoms with E-state index in [-0.39, 0.29) is 0 Å². The molecular weight excluding hydrogens is 358 g/mol. The molecule has 0 amide bonds. The van der Waals surface area contributed by atoms with E-state index in [2.05, 4.69) is 47.3 Å². The Bertz CT molecular complexity index is 882. The molecule has 3 heterocycles. The SMILES string of the molecule is CCC1(CC)CN(c2cc(C3CCCCC3)cc(Nc3cc(C#N)ccn3)n2)C1. The van der Waals surface area contributed by atoms with Gasteiger partial charge in [-0.15, -0.1) is 0 Å². The van der Waals surface area contributed by atoms with Gasteiger partial charge in [-0.3, -0.25) is 0 Å². The van der Waals surface area contributed by atoms with Gasteiger partial charge in [-0.1, -0.05) is 33.1 Å². The van der Waals surface area contributed by atoms with Crippen molar-refractivity contribution in [2.24, 2.45) is 5.41 Å². The summed E-state index contributed by atoms with van der Waals surface area (Å²) in [6, 6.07) is 10.2. The molecule has 1 saturated heterocycles. The van der Waals surface area contributed by atoms with Crippen molar-refractivity contribution in [2.75, 3.05) is 23.3 Å². The van der Waals surface area contributed by atoms with Crippen molar-refractivity contribution in [2.45, 2.75) is 64.7 Å². The molecule has 0 radical (unpaired) electrons. The number of hydrogen-bond donors (Lipinski definition) is 1. The van der Waals surface area contributed by atoms with Crippen LogP contribution in [0.4, 0.5) is 17.5 Å². The lowest BCUT2D eigenvalue weighted by molar-refractivity contribution is 0.193. The van der Waals surface area contributed by atoms with Crippen molar-refractivity contribution < 1.29 is 0 Å². The number of nitrogens with one attached hydrogen (secondary N) is 1. The fourth-order valence-electron chi connectivity index (χ4n) is 4.76. The zero-order chi connectivity index (χ0) is 20.3. The molecule has 5 heteroatoms. The number of anilines is 3. The van der Waals surface area contributed by atoms with E-state index in [9.17, 15) is 0 Å². The van der Waals surface area contributed by atoms with Gasteiger partial charge in [-0.2, -0.15) is 5.26 Å². The first-order valence-electron chi connectivity index (χ1n) is 11.0. The van der Waals surface area contributed by atoms with Crippen molar-refractivity contribution in [3.8, 4) is 6.07 Å². The summed E-state index contributed by atoms with van der Waals surface area (Å²) < 4.78 is 0. The van der Waals surface area contributed by atoms with Gasteiger partial charge in [-0.05, 0) is 61.4 Å². The van der Waals surface area contributed by atoms with Crippen LogP contribution in [0.5, 0.6) is 0 Å². The van der Waals surface area contributed by atoms with E-state index in [1.165, 1.54) is 50.5 Å². The molecule has 0 unspecified atom stereocenters. The van der Waals surface area contributed by atoms with Crippen LogP contribution >= 0.6 is 0 Å². The molecule has 29 heavy (non-hydrogen) atoms. The van der Waals surface area contributed by atoms with Crippen LogP contribution in [-0.2, 0) is 0 Å². The number of nitriles is 1. The van der Waals surface area contributed by atoms with Gasteiger partial charge in [0.1, 0.15) is 17.5 Å². The van der Waals surface area contributed by atoms with E-state index < -0.39 is 0 Å². The van der Waals surface area contributed by atoms with Crippen LogP contribution < -0.4 is 10.2 Å². The maximum absolute atomic E-state index is 9.17. The summed E-state index contributed by atoms with van der Waals surface area (Å²) in [5, 5.41) is 12.5. The zero-order valence-electron chi connectivity index (χ0n) is 17.6. The molecular formula is C24H31N5. The Balaban J connectivity index is 1.62. The summed E-state index contributed by atoms with van der Waals surface area (Å²) in [5.74, 6) is 3.19. The number of rotatable bonds is 6. The molecule has 1 saturated carbocycles. The first-order chi connectivity index (χ1) is 14.1. The number of pyridine rings is 2. The number of hydrogen-bond acceptors (Lipinski definition) is 5. The fourth-order valence-corrected chi connectivity index (χ4v) is 4.76. The number of nitrogens with zero attached hydrogens (tertiary/aromatic N) is 4. The van der Waals surface area contributed by atoms with Gasteiger partial charge in [0.2, 0.25) is 0 Å². The van der Waals surface area contributed by atoms with Gasteiger partial charge >= 0.3 is 0 Å². The van der Waals surface area contributed by atoms with Gasteiger partial charge in [0.25, 0.3) is 0 Å². The standard InChI is InChI=1S/C24H31N5/c1-3-24(4-2)16-29(17-24)23-14-20(19-8-6-5-7-9-19)13-22(28-23)27-21-12-18(15-25)10-11-26-21/h10-14,19H,3-9,16-17H2,1-2H3,(H,26,27,28). The van der Waals surface area contributed by atoms with Gasteiger partial charge in [0, 0.05) is 24.7 Å². The van der Waals surface area contributed by atoms with Crippen LogP contribution in [-0.4, -0.2) is 23.1 Å². The second-order valence-electron chi connectivity index (χ2n) is 8.71. The monoisotopic (exact) mass is 389 g/mol. The van der Waals surface area contributed by atoms with Gasteiger partial charge in [0.15, 0.2) is 0 Å². The van der Waals surface area contributed by atoms with Crippen LogP contribution in [0.2, 0.25) is 0 Å². The summed E-state index contributed by atoms with van der Waals surface area (Å²) in [7, 11) is 0. The highest BCUT2D eigenvalue weighted by Crippen LogP contribution is 2.41. The predicted molar refractivity (Wildman–Crippen MR) is 118 cm³/mol. The van der Waals surface area contributed by atoms with Gasteiger partial charge in [-0.25, -0.2) is 9.97 Å². The molecule has 152 valence electrons. The Morgan fingerprint density at radius 3 is 2.55 bits per heavy atom. The van der Waals surface area contributed by atoms with E-state index in [4.69, 9.17) is 10.2 Å². The lowest BCUT2D eigenvalue weighted by atomic mass is 9.75. The molecule has 2 aromatic heterocycles. The minimum Gasteiger partial charge on any atom is -0.355 e. The zero-order valence-corrected chi connectivity index (χ0v) is 17.6. The third-order valence-electron chi connectivity index (χ3n) is 6.93. The highest BCUT2D eigenvalue weighted by atomic mass is 15.3. The van der Waals surface area contributed by atoms with Crippen LogP contribution in [0.15, 0.2) is 30.5 Å². The molecule has 2 aromatic rings. The smallest absolute Gasteiger partial charge is 0.134 e. The Morgan fingerprint density at radius 2 is 1.86 bits per heavy atom. The van der Waals surface area contributed by atoms with Crippen LogP contribution in [0.25, 0.3) is 0 Å². The Morgan fingerprint density at radius 1 is 1.10 bits per heavy atom. The third-order valence-corrected chi connectivity index (χ3v) is 6.93. The minimum absolute atomic E-state index is 0.443. The summed E-state index contributed by atoms with van der Waals surface area (Å²) in [4.78, 5) is 11.7. The molecule has 1 aliphatic carbocycles. The minimum atomic E-state index is 0.443. The van der Waals surface area contributed by atoms with Crippen molar-refractivity contribution in [1.82, 2.24) is 9.97 Å². The summed E-state index contributed by atoms with van der Waals surface area (Å²) in [5.41, 5.74) is 2.43. The molecule has 0 spiro atoms. The van der Waals surface area contributed by atoms with Gasteiger partial charge in [0.05, 0.1) is 11.6 Å². The lowest BCUT2D eigenvalue weighted by Gasteiger charge is -2.50. The highest BCUT2D eigenvalue weighted by Gasteiger charge is 2.40. The van der Waals surface area contributed by atoms with E-state index in [1.807, 2.05) is 0 Å². The van der Waals surface area contributed by atoms with E-state index in [0.29, 0.717) is 22.7 Å². The average Bonchev–Trinajstić information content (AvgIpc) is 2.74. The molecule has 1 N–H and O–H groups in total. The van der Waals surface area contributed by atoms with Crippen molar-refractivity contribution in [3.05, 3.63) is 41.6 Å². The predicted octanol–water partition coefficient (Wildman–Crippen LogP) is 5.77. The largest absolute Gasteiger partial charge is 0.355 e. The van der Waals surface area contributed by atoms with Crippen molar-refractivity contribution in [1.29, 1.82) is 5.26 Å². The Labute approximate surface area is 174 Å². The maximum atomic E-state index is 9.17. The summed E-state index contributed by atoms with van der Waals surface area (Å²) in [6.07, 6.45) is 10.6. The third kappa shape index (κ3) is 4.22. The molecule has 5 nitrogen and oxygen atoms in total. The van der Waals surface area contributed by atoms with E-state index in [0.717, 1.165) is 24.7 Å². The van der Waals surface area contributed by atoms with Crippen molar-refractivity contribution >= 4 is 17.5 Å². The molecule has 1 aliphatic heterocycles. The maximum Gasteiger partial charge on any atom is 0.134 e. The first kappa shape index (κ1) is 19.7. The lowest BCUT2D eigenvalue weighted by Crippen LogP contribution is -2.56. The number of aromatic nitrogens is 2. The van der Waals surface area contributed by atoms with E-state index >= 15 is 0 Å². The van der Waals surface area contributed by atoms with E-state index in [1.54, 1.807) is 18.3 Å². The Kier molecular flexibility index (Phi) is 5.71. The second kappa shape index (κ2) is 8.41. The van der Waals surface area contributed by atoms with Crippen LogP contribution in [0.3, 0.4) is 0 Å². The normalized spacial score (nSPS) is 18.7. The molecule has 0 bridgehead atoms. The van der Waals surface area contributed by atoms with Crippen molar-refractivity contribution in [3.63, 3.8) is 0 Å². The molecule has 0 aromatic carbocycles. The fraction of sp³-hybridized carbons (Fsp3) is 0.542. The highest BCUT2D eigenvalue weighted by molar-refractivity contribution is 5.59. The molecule has 2 aliphatic rings. The van der Waals surface area contributed by atoms with Crippen LogP contribution in [0.1, 0.15) is 75.8 Å². The Hall–Kier alpha value is -2.61. The summed E-state index contributed by atoms with van der Waals surface area (Å²) >= 11 is 0. The molecule has 2 fully saturated rings. The first-order valence-corrected chi connectivity index (χ1v) is 11.0. The topological polar surface area (TPSA) is 64.8 Å². The molecule has 0 atom stereocenters. The van der Waals surface area contributed by atoms with Gasteiger partial charge < -0.3 is 10.2 Å². The average molecular weight is 390 g/mol. The summed E-state index contributed by atoms with van der Waals surface area (Å²) in [6.45, 7) is 6.77. The second-order valence-corrected chi connectivity index (χ2v) is 8.71.